The predicted octanol–water partition coefficient (Wildman–Crippen LogP) is 4.10. The van der Waals surface area contributed by atoms with E-state index in [-0.39, 0.29) is 5.12 Å². The van der Waals surface area contributed by atoms with Gasteiger partial charge in [0, 0.05) is 6.54 Å². The van der Waals surface area contributed by atoms with Gasteiger partial charge in [-0.1, -0.05) is 75.8 Å². The van der Waals surface area contributed by atoms with E-state index in [2.05, 4.69) is 5.10 Å². The summed E-state index contributed by atoms with van der Waals surface area (Å²) in [7, 11) is 0. The van der Waals surface area contributed by atoms with E-state index in [0.717, 1.165) is 19.2 Å². The van der Waals surface area contributed by atoms with Gasteiger partial charge in [0.1, 0.15) is 6.34 Å². The molecule has 1 aliphatic rings. The second-order valence-corrected chi connectivity index (χ2v) is 7.25. The molecule has 3 nitrogen and oxygen atoms in total. The molecule has 0 saturated heterocycles. The van der Waals surface area contributed by atoms with Crippen LogP contribution >= 0.6 is 58.0 Å². The standard InChI is InChI=1S/C8H11Cl5FN3/c1-2-3-4-17-6(16(14)5-15-17)7(9,10)8(11,12)13/h5-6H,2-4H2,1H3. The van der Waals surface area contributed by atoms with Crippen LogP contribution in [0.3, 0.4) is 0 Å². The molecule has 1 heterocycles. The topological polar surface area (TPSA) is 18.8 Å². The smallest absolute Gasteiger partial charge is 0.227 e. The normalized spacial score (nSPS) is 21.5. The fourth-order valence-corrected chi connectivity index (χ4v) is 2.06. The molecule has 9 heteroatoms. The molecule has 0 bridgehead atoms. The zero-order valence-electron chi connectivity index (χ0n) is 8.89. The number of hydrogen-bond donors (Lipinski definition) is 0. The van der Waals surface area contributed by atoms with Crippen molar-refractivity contribution < 1.29 is 4.48 Å². The van der Waals surface area contributed by atoms with Gasteiger partial charge in [0.15, 0.2) is 6.17 Å². The highest BCUT2D eigenvalue weighted by Gasteiger charge is 2.57. The Balaban J connectivity index is 2.86. The van der Waals surface area contributed by atoms with Gasteiger partial charge in [-0.25, -0.2) is 0 Å². The van der Waals surface area contributed by atoms with Gasteiger partial charge in [0.05, 0.1) is 0 Å². The van der Waals surface area contributed by atoms with Crippen LogP contribution in [0.1, 0.15) is 19.8 Å². The molecule has 100 valence electrons. The quantitative estimate of drug-likeness (QED) is 0.564. The average molecular weight is 345 g/mol. The third kappa shape index (κ3) is 3.35. The second-order valence-electron chi connectivity index (χ2n) is 3.59. The minimum absolute atomic E-state index is 0.234. The highest BCUT2D eigenvalue weighted by molar-refractivity contribution is 6.75. The maximum Gasteiger partial charge on any atom is 0.227 e. The number of unbranched alkanes of at least 4 members (excludes halogenated alkanes) is 1. The van der Waals surface area contributed by atoms with Crippen LogP contribution in [0, 0.1) is 0 Å². The van der Waals surface area contributed by atoms with Crippen molar-refractivity contribution in [2.45, 2.75) is 34.1 Å². The first kappa shape index (κ1) is 15.7. The van der Waals surface area contributed by atoms with Gasteiger partial charge in [-0.3, -0.25) is 5.01 Å². The molecular weight excluding hydrogens is 334 g/mol. The van der Waals surface area contributed by atoms with E-state index in [0.29, 0.717) is 6.54 Å². The van der Waals surface area contributed by atoms with Crippen LogP contribution in [-0.4, -0.2) is 37.3 Å². The summed E-state index contributed by atoms with van der Waals surface area (Å²) in [6.07, 6.45) is 1.50. The highest BCUT2D eigenvalue weighted by Crippen LogP contribution is 2.50. The summed E-state index contributed by atoms with van der Waals surface area (Å²) in [5.74, 6) is 0. The lowest BCUT2D eigenvalue weighted by atomic mass is 10.3. The molecular formula is C8H11Cl5FN3. The minimum atomic E-state index is -2.04. The molecule has 17 heavy (non-hydrogen) atoms. The Labute approximate surface area is 124 Å². The summed E-state index contributed by atoms with van der Waals surface area (Å²) in [6.45, 7) is 2.46. The summed E-state index contributed by atoms with van der Waals surface area (Å²) in [5.41, 5.74) is 0. The number of nitrogens with zero attached hydrogens (tertiary/aromatic N) is 3. The molecule has 0 aromatic carbocycles. The molecule has 0 N–H and O–H groups in total. The van der Waals surface area contributed by atoms with Crippen LogP contribution < -0.4 is 0 Å². The van der Waals surface area contributed by atoms with Crippen molar-refractivity contribution in [1.82, 2.24) is 10.1 Å². The summed E-state index contributed by atoms with van der Waals surface area (Å²) < 4.78 is 9.60. The van der Waals surface area contributed by atoms with E-state index in [4.69, 9.17) is 58.0 Å². The Kier molecular flexibility index (Phi) is 5.30. The Bertz CT molecular complexity index is 293. The van der Waals surface area contributed by atoms with E-state index in [1.54, 1.807) is 0 Å². The lowest BCUT2D eigenvalue weighted by molar-refractivity contribution is -0.00465. The highest BCUT2D eigenvalue weighted by atomic mass is 35.6. The molecule has 0 aromatic rings. The van der Waals surface area contributed by atoms with Gasteiger partial charge in [0.25, 0.3) is 0 Å². The maximum atomic E-state index is 13.6. The second kappa shape index (κ2) is 5.74. The molecule has 0 aromatic heterocycles. The van der Waals surface area contributed by atoms with E-state index in [1.807, 2.05) is 6.92 Å². The Hall–Kier alpha value is 0.650. The molecule has 0 fully saturated rings. The van der Waals surface area contributed by atoms with Crippen LogP contribution in [0.5, 0.6) is 0 Å². The molecule has 0 radical (unpaired) electrons. The van der Waals surface area contributed by atoms with Gasteiger partial charge in [-0.15, -0.1) is 0 Å². The average Bonchev–Trinajstić information content (AvgIpc) is 2.55. The van der Waals surface area contributed by atoms with E-state index < -0.39 is 14.3 Å². The van der Waals surface area contributed by atoms with Crippen molar-refractivity contribution in [3.8, 4) is 0 Å². The minimum Gasteiger partial charge on any atom is -0.267 e. The summed E-state index contributed by atoms with van der Waals surface area (Å²) in [4.78, 5) is 0. The van der Waals surface area contributed by atoms with E-state index in [9.17, 15) is 4.48 Å². The largest absolute Gasteiger partial charge is 0.267 e. The van der Waals surface area contributed by atoms with Gasteiger partial charge < -0.3 is 0 Å². The molecule has 1 aliphatic heterocycles. The SMILES string of the molecule is CCCCN1N=CN(F)C1C(Cl)(Cl)C(Cl)(Cl)Cl. The van der Waals surface area contributed by atoms with Crippen LogP contribution in [-0.2, 0) is 0 Å². The van der Waals surface area contributed by atoms with Gasteiger partial charge >= 0.3 is 0 Å². The molecule has 0 amide bonds. The predicted molar refractivity (Wildman–Crippen MR) is 71.6 cm³/mol. The van der Waals surface area contributed by atoms with Crippen molar-refractivity contribution in [2.24, 2.45) is 5.10 Å². The first-order valence-corrected chi connectivity index (χ1v) is 6.80. The van der Waals surface area contributed by atoms with Crippen molar-refractivity contribution in [3.63, 3.8) is 0 Å². The number of rotatable bonds is 4. The molecule has 0 aliphatic carbocycles. The maximum absolute atomic E-state index is 13.6. The lowest BCUT2D eigenvalue weighted by Crippen LogP contribution is -2.54. The first-order valence-electron chi connectivity index (χ1n) is 4.91. The van der Waals surface area contributed by atoms with Gasteiger partial charge in [-0.2, -0.15) is 10.2 Å². The first-order chi connectivity index (χ1) is 7.71. The van der Waals surface area contributed by atoms with E-state index >= 15 is 0 Å². The molecule has 0 saturated carbocycles. The molecule has 1 rings (SSSR count). The molecule has 0 spiro atoms. The fourth-order valence-electron chi connectivity index (χ4n) is 1.36. The van der Waals surface area contributed by atoms with Gasteiger partial charge in [-0.05, 0) is 6.42 Å². The zero-order chi connectivity index (χ0) is 13.3. The van der Waals surface area contributed by atoms with Crippen LogP contribution in [0.15, 0.2) is 5.10 Å². The molecule has 1 atom stereocenters. The number of halogens is 6. The number of hydrazone groups is 1. The summed E-state index contributed by atoms with van der Waals surface area (Å²) in [5, 5.41) is 5.43. The van der Waals surface area contributed by atoms with Crippen molar-refractivity contribution in [3.05, 3.63) is 0 Å². The number of alkyl halides is 5. The monoisotopic (exact) mass is 343 g/mol. The van der Waals surface area contributed by atoms with Crippen LogP contribution in [0.25, 0.3) is 0 Å². The fraction of sp³-hybridized carbons (Fsp3) is 0.875. The zero-order valence-corrected chi connectivity index (χ0v) is 12.7. The Morgan fingerprint density at radius 3 is 2.35 bits per heavy atom. The van der Waals surface area contributed by atoms with Crippen molar-refractivity contribution in [2.75, 3.05) is 6.54 Å². The van der Waals surface area contributed by atoms with Crippen molar-refractivity contribution in [1.29, 1.82) is 0 Å². The summed E-state index contributed by atoms with van der Waals surface area (Å²) in [6, 6.07) is 0. The Morgan fingerprint density at radius 2 is 1.88 bits per heavy atom. The lowest BCUT2D eigenvalue weighted by Gasteiger charge is -2.38. The van der Waals surface area contributed by atoms with Crippen LogP contribution in [0.2, 0.25) is 0 Å². The third-order valence-electron chi connectivity index (χ3n) is 2.27. The number of hydrogen-bond acceptors (Lipinski definition) is 3. The summed E-state index contributed by atoms with van der Waals surface area (Å²) >= 11 is 28.9. The van der Waals surface area contributed by atoms with Crippen molar-refractivity contribution >= 4 is 64.3 Å². The molecule has 1 unspecified atom stereocenters. The van der Waals surface area contributed by atoms with E-state index in [1.165, 1.54) is 5.01 Å². The van der Waals surface area contributed by atoms with Crippen LogP contribution in [0.4, 0.5) is 4.48 Å². The third-order valence-corrected chi connectivity index (χ3v) is 4.70. The Morgan fingerprint density at radius 1 is 1.29 bits per heavy atom. The van der Waals surface area contributed by atoms with Gasteiger partial charge in [0.2, 0.25) is 8.13 Å².